The summed E-state index contributed by atoms with van der Waals surface area (Å²) in [7, 11) is 3.94. The van der Waals surface area contributed by atoms with Crippen molar-refractivity contribution >= 4 is 5.82 Å². The molecule has 0 unspecified atom stereocenters. The molecule has 4 N–H and O–H groups in total. The molecule has 2 rings (SSSR count). The van der Waals surface area contributed by atoms with Crippen molar-refractivity contribution in [3.63, 3.8) is 0 Å². The van der Waals surface area contributed by atoms with Crippen molar-refractivity contribution in [3.05, 3.63) is 29.3 Å². The van der Waals surface area contributed by atoms with E-state index >= 15 is 0 Å². The number of nitrogen functional groups attached to an aromatic ring is 1. The maximum absolute atomic E-state index is 10.0. The number of phenols is 1. The smallest absolute Gasteiger partial charge is 0.145 e. The largest absolute Gasteiger partial charge is 0.507 e. The van der Waals surface area contributed by atoms with Gasteiger partial charge < -0.3 is 15.7 Å². The van der Waals surface area contributed by atoms with Crippen molar-refractivity contribution in [2.24, 2.45) is 0 Å². The van der Waals surface area contributed by atoms with Crippen LogP contribution < -0.4 is 5.73 Å². The van der Waals surface area contributed by atoms with E-state index in [-0.39, 0.29) is 0 Å². The van der Waals surface area contributed by atoms with Gasteiger partial charge in [-0.15, -0.1) is 0 Å². The minimum atomic E-state index is 0.347. The monoisotopic (exact) mass is 246 g/mol. The minimum absolute atomic E-state index is 0.347. The molecule has 2 aromatic rings. The molecule has 1 aromatic heterocycles. The maximum Gasteiger partial charge on any atom is 0.145 e. The Morgan fingerprint density at radius 1 is 1.33 bits per heavy atom. The highest BCUT2D eigenvalue weighted by Crippen LogP contribution is 2.29. The van der Waals surface area contributed by atoms with Crippen molar-refractivity contribution in [2.75, 3.05) is 19.8 Å². The molecule has 1 heterocycles. The number of aromatic nitrogens is 2. The minimum Gasteiger partial charge on any atom is -0.507 e. The first-order valence-electron chi connectivity index (χ1n) is 5.76. The number of nitrogens with zero attached hydrogens (tertiary/aromatic N) is 2. The number of benzene rings is 1. The topological polar surface area (TPSA) is 78.2 Å². The van der Waals surface area contributed by atoms with Crippen LogP contribution in [0, 0.1) is 6.92 Å². The molecule has 0 fully saturated rings. The van der Waals surface area contributed by atoms with E-state index in [0.717, 1.165) is 22.4 Å². The summed E-state index contributed by atoms with van der Waals surface area (Å²) >= 11 is 0. The highest BCUT2D eigenvalue weighted by molar-refractivity contribution is 5.66. The highest BCUT2D eigenvalue weighted by Gasteiger charge is 2.10. The van der Waals surface area contributed by atoms with Gasteiger partial charge in [0.25, 0.3) is 0 Å². The Morgan fingerprint density at radius 2 is 2.06 bits per heavy atom. The van der Waals surface area contributed by atoms with Gasteiger partial charge in [-0.25, -0.2) is 0 Å². The number of nitrogens with one attached hydrogen (secondary N) is 1. The van der Waals surface area contributed by atoms with Gasteiger partial charge in [0.2, 0.25) is 0 Å². The second kappa shape index (κ2) is 4.70. The van der Waals surface area contributed by atoms with Crippen LogP contribution in [-0.4, -0.2) is 34.3 Å². The van der Waals surface area contributed by atoms with Crippen LogP contribution in [0.4, 0.5) is 5.82 Å². The molecule has 0 aliphatic rings. The van der Waals surface area contributed by atoms with Crippen molar-refractivity contribution in [1.82, 2.24) is 15.1 Å². The first kappa shape index (κ1) is 12.4. The van der Waals surface area contributed by atoms with Gasteiger partial charge >= 0.3 is 0 Å². The zero-order valence-corrected chi connectivity index (χ0v) is 10.9. The van der Waals surface area contributed by atoms with Gasteiger partial charge in [-0.05, 0) is 38.7 Å². The van der Waals surface area contributed by atoms with E-state index in [4.69, 9.17) is 5.73 Å². The third kappa shape index (κ3) is 2.46. The molecule has 0 amide bonds. The fraction of sp³-hybridized carbons (Fsp3) is 0.308. The number of aromatic hydroxyl groups is 1. The van der Waals surface area contributed by atoms with E-state index in [1.54, 1.807) is 6.07 Å². The van der Waals surface area contributed by atoms with E-state index in [1.807, 2.05) is 38.1 Å². The third-order valence-corrected chi connectivity index (χ3v) is 2.77. The molecule has 0 bridgehead atoms. The quantitative estimate of drug-likeness (QED) is 0.770. The summed E-state index contributed by atoms with van der Waals surface area (Å²) in [6.07, 6.45) is 0. The van der Waals surface area contributed by atoms with Gasteiger partial charge in [0.1, 0.15) is 11.6 Å². The summed E-state index contributed by atoms with van der Waals surface area (Å²) < 4.78 is 0. The molecule has 5 heteroatoms. The third-order valence-electron chi connectivity index (χ3n) is 2.77. The number of hydrogen-bond acceptors (Lipinski definition) is 4. The number of aromatic amines is 1. The van der Waals surface area contributed by atoms with E-state index in [2.05, 4.69) is 10.2 Å². The van der Waals surface area contributed by atoms with Crippen molar-refractivity contribution in [3.8, 4) is 17.0 Å². The number of aryl methyl sites for hydroxylation is 1. The zero-order chi connectivity index (χ0) is 13.3. The predicted molar refractivity (Wildman–Crippen MR) is 72.2 cm³/mol. The van der Waals surface area contributed by atoms with Gasteiger partial charge in [-0.3, -0.25) is 5.10 Å². The Morgan fingerprint density at radius 3 is 2.61 bits per heavy atom. The van der Waals surface area contributed by atoms with Crippen LogP contribution in [0.5, 0.6) is 5.75 Å². The Bertz CT molecular complexity index is 560. The summed E-state index contributed by atoms with van der Waals surface area (Å²) in [5.41, 5.74) is 9.17. The number of anilines is 1. The molecule has 0 aliphatic carbocycles. The lowest BCUT2D eigenvalue weighted by atomic mass is 10.0. The molecule has 1 aromatic carbocycles. The number of hydrogen-bond donors (Lipinski definition) is 3. The summed E-state index contributed by atoms with van der Waals surface area (Å²) in [6, 6.07) is 5.65. The van der Waals surface area contributed by atoms with Gasteiger partial charge in [-0.2, -0.15) is 5.10 Å². The lowest BCUT2D eigenvalue weighted by molar-refractivity contribution is 0.385. The second-order valence-corrected chi connectivity index (χ2v) is 4.75. The Hall–Kier alpha value is -2.01. The summed E-state index contributed by atoms with van der Waals surface area (Å²) in [6.45, 7) is 2.57. The van der Waals surface area contributed by atoms with Crippen LogP contribution in [0.15, 0.2) is 18.2 Å². The predicted octanol–water partition coefficient (Wildman–Crippen LogP) is 1.73. The van der Waals surface area contributed by atoms with Crippen LogP contribution in [0.2, 0.25) is 0 Å². The van der Waals surface area contributed by atoms with E-state index in [9.17, 15) is 5.11 Å². The number of H-pyrrole nitrogens is 1. The number of phenolic OH excluding ortho intramolecular Hbond substituents is 1. The Balaban J connectivity index is 2.46. The van der Waals surface area contributed by atoms with Crippen LogP contribution in [0.3, 0.4) is 0 Å². The molecule has 0 aliphatic heterocycles. The average molecular weight is 246 g/mol. The number of nitrogens with two attached hydrogens (primary N) is 1. The van der Waals surface area contributed by atoms with Crippen LogP contribution in [-0.2, 0) is 6.54 Å². The standard InChI is InChI=1S/C13H18N4O/c1-8-4-9(11-6-12(14)16-15-11)5-10(13(8)18)7-17(2)3/h4-6,18H,7H2,1-3H3,(H3,14,15,16). The van der Waals surface area contributed by atoms with Gasteiger partial charge in [0, 0.05) is 23.7 Å². The molecule has 0 atom stereocenters. The second-order valence-electron chi connectivity index (χ2n) is 4.75. The van der Waals surface area contributed by atoms with Gasteiger partial charge in [0.05, 0.1) is 5.69 Å². The lowest BCUT2D eigenvalue weighted by Gasteiger charge is -2.14. The normalized spacial score (nSPS) is 11.1. The number of rotatable bonds is 3. The molecule has 5 nitrogen and oxygen atoms in total. The van der Waals surface area contributed by atoms with Crippen LogP contribution >= 0.6 is 0 Å². The maximum atomic E-state index is 10.0. The first-order chi connectivity index (χ1) is 8.47. The van der Waals surface area contributed by atoms with Gasteiger partial charge in [-0.1, -0.05) is 0 Å². The molecular formula is C13H18N4O. The van der Waals surface area contributed by atoms with Crippen molar-refractivity contribution in [2.45, 2.75) is 13.5 Å². The first-order valence-corrected chi connectivity index (χ1v) is 5.76. The molecule has 18 heavy (non-hydrogen) atoms. The average Bonchev–Trinajstić information content (AvgIpc) is 2.70. The lowest BCUT2D eigenvalue weighted by Crippen LogP contribution is -2.11. The van der Waals surface area contributed by atoms with E-state index < -0.39 is 0 Å². The van der Waals surface area contributed by atoms with Crippen molar-refractivity contribution in [1.29, 1.82) is 0 Å². The Kier molecular flexibility index (Phi) is 3.25. The summed E-state index contributed by atoms with van der Waals surface area (Å²) in [4.78, 5) is 2.01. The van der Waals surface area contributed by atoms with E-state index in [0.29, 0.717) is 18.1 Å². The molecule has 96 valence electrons. The summed E-state index contributed by atoms with van der Waals surface area (Å²) in [5, 5.41) is 16.8. The molecular weight excluding hydrogens is 228 g/mol. The molecule has 0 saturated heterocycles. The highest BCUT2D eigenvalue weighted by atomic mass is 16.3. The van der Waals surface area contributed by atoms with Crippen LogP contribution in [0.1, 0.15) is 11.1 Å². The Labute approximate surface area is 106 Å². The fourth-order valence-electron chi connectivity index (χ4n) is 1.95. The molecule has 0 saturated carbocycles. The zero-order valence-electron chi connectivity index (χ0n) is 10.9. The molecule has 0 spiro atoms. The molecule has 0 radical (unpaired) electrons. The SMILES string of the molecule is Cc1cc(-c2cc(N)n[nH]2)cc(CN(C)C)c1O. The van der Waals surface area contributed by atoms with E-state index in [1.165, 1.54) is 0 Å². The summed E-state index contributed by atoms with van der Waals surface area (Å²) in [5.74, 6) is 0.810. The fourth-order valence-corrected chi connectivity index (χ4v) is 1.95. The van der Waals surface area contributed by atoms with Crippen molar-refractivity contribution < 1.29 is 5.11 Å². The van der Waals surface area contributed by atoms with Crippen LogP contribution in [0.25, 0.3) is 11.3 Å². The van der Waals surface area contributed by atoms with Gasteiger partial charge in [0.15, 0.2) is 0 Å².